The molecule has 11 heteroatoms. The molecular weight excluding hydrogens is 783 g/mol. The van der Waals surface area contributed by atoms with E-state index in [1.807, 2.05) is 77.1 Å². The van der Waals surface area contributed by atoms with Gasteiger partial charge in [-0.25, -0.2) is 8.78 Å². The summed E-state index contributed by atoms with van der Waals surface area (Å²) in [6.45, 7) is 22.5. The standard InChI is InChI=1S/2C17H17FN2O.C17H18N2O/c1-11(2)13-5-6-14(17(18)9-13)8-16(21)10-15-7-4-12(3)19-20-15;1-11(2)16-7-5-13(9-17(16)18)8-15(21)10-14-6-4-12(3)19-20-14;1-12(2)15-7-5-14(6-8-15)10-17(20)11-16-9-4-13(3)18-19-16/h2*4-7,9H,1,8,10H2,2-3H3;4-9H,1,10-11H2,2-3H3. The third-order valence-electron chi connectivity index (χ3n) is 9.37. The first-order chi connectivity index (χ1) is 29.4. The predicted molar refractivity (Wildman–Crippen MR) is 241 cm³/mol. The topological polar surface area (TPSA) is 129 Å². The first-order valence-electron chi connectivity index (χ1n) is 20.0. The lowest BCUT2D eigenvalue weighted by Crippen LogP contribution is -2.10. The molecule has 0 aliphatic carbocycles. The Balaban J connectivity index is 0.000000205. The van der Waals surface area contributed by atoms with Gasteiger partial charge in [-0.1, -0.05) is 79.4 Å². The average Bonchev–Trinajstić information content (AvgIpc) is 3.22. The molecule has 318 valence electrons. The van der Waals surface area contributed by atoms with Gasteiger partial charge in [-0.3, -0.25) is 14.4 Å². The Morgan fingerprint density at radius 3 is 1.24 bits per heavy atom. The maximum absolute atomic E-state index is 13.9. The van der Waals surface area contributed by atoms with E-state index < -0.39 is 0 Å². The molecule has 0 aliphatic rings. The minimum atomic E-state index is -0.376. The molecular formula is C51H52F2N6O3. The van der Waals surface area contributed by atoms with E-state index in [0.29, 0.717) is 46.5 Å². The minimum Gasteiger partial charge on any atom is -0.299 e. The van der Waals surface area contributed by atoms with Crippen LogP contribution in [0.25, 0.3) is 16.7 Å². The van der Waals surface area contributed by atoms with Crippen molar-refractivity contribution < 1.29 is 23.2 Å². The zero-order valence-electron chi connectivity index (χ0n) is 36.3. The fourth-order valence-electron chi connectivity index (χ4n) is 5.90. The van der Waals surface area contributed by atoms with E-state index in [-0.39, 0.29) is 54.7 Å². The van der Waals surface area contributed by atoms with Crippen molar-refractivity contribution in [2.24, 2.45) is 0 Å². The summed E-state index contributed by atoms with van der Waals surface area (Å²) in [7, 11) is 0. The number of aryl methyl sites for hydroxylation is 3. The third kappa shape index (κ3) is 15.9. The summed E-state index contributed by atoms with van der Waals surface area (Å²) in [6, 6.07) is 28.5. The molecule has 0 amide bonds. The Morgan fingerprint density at radius 2 is 0.855 bits per heavy atom. The number of Topliss-reactive ketones (excluding diaryl/α,β-unsaturated/α-hetero) is 3. The van der Waals surface area contributed by atoms with Gasteiger partial charge >= 0.3 is 0 Å². The monoisotopic (exact) mass is 834 g/mol. The first-order valence-corrected chi connectivity index (χ1v) is 20.0. The highest BCUT2D eigenvalue weighted by atomic mass is 19.1. The lowest BCUT2D eigenvalue weighted by atomic mass is 10.0. The van der Waals surface area contributed by atoms with Crippen LogP contribution in [0.15, 0.2) is 117 Å². The van der Waals surface area contributed by atoms with Crippen molar-refractivity contribution in [2.75, 3.05) is 0 Å². The highest BCUT2D eigenvalue weighted by Gasteiger charge is 2.13. The molecule has 6 rings (SSSR count). The molecule has 0 saturated heterocycles. The van der Waals surface area contributed by atoms with Gasteiger partial charge in [-0.15, -0.1) is 0 Å². The van der Waals surface area contributed by atoms with Crippen LogP contribution in [0.1, 0.15) is 88.3 Å². The largest absolute Gasteiger partial charge is 0.299 e. The zero-order chi connectivity index (χ0) is 45.3. The number of nitrogens with zero attached hydrogens (tertiary/aromatic N) is 6. The molecule has 6 aromatic rings. The highest BCUT2D eigenvalue weighted by Crippen LogP contribution is 2.19. The number of ketones is 3. The molecule has 0 aliphatic heterocycles. The Bertz CT molecular complexity index is 2530. The van der Waals surface area contributed by atoms with Crippen molar-refractivity contribution in [2.45, 2.75) is 80.1 Å². The van der Waals surface area contributed by atoms with Crippen molar-refractivity contribution in [3.8, 4) is 0 Å². The van der Waals surface area contributed by atoms with Crippen LogP contribution >= 0.6 is 0 Å². The Labute approximate surface area is 362 Å². The molecule has 9 nitrogen and oxygen atoms in total. The van der Waals surface area contributed by atoms with Gasteiger partial charge in [0.25, 0.3) is 0 Å². The van der Waals surface area contributed by atoms with Crippen LogP contribution in [-0.2, 0) is 52.9 Å². The van der Waals surface area contributed by atoms with E-state index >= 15 is 0 Å². The fraction of sp³-hybridized carbons (Fsp3) is 0.235. The number of aromatic nitrogens is 6. The summed E-state index contributed by atoms with van der Waals surface area (Å²) in [6.07, 6.45) is 1.36. The maximum Gasteiger partial charge on any atom is 0.143 e. The number of benzene rings is 3. The van der Waals surface area contributed by atoms with E-state index in [0.717, 1.165) is 50.6 Å². The van der Waals surface area contributed by atoms with Gasteiger partial charge in [0.15, 0.2) is 0 Å². The Hall–Kier alpha value is -7.01. The second-order valence-electron chi connectivity index (χ2n) is 15.3. The van der Waals surface area contributed by atoms with Gasteiger partial charge in [0.05, 0.1) is 53.4 Å². The quantitative estimate of drug-likeness (QED) is 0.0993. The molecule has 0 N–H and O–H groups in total. The van der Waals surface area contributed by atoms with Gasteiger partial charge in [-0.05, 0) is 123 Å². The van der Waals surface area contributed by atoms with Crippen molar-refractivity contribution in [3.05, 3.63) is 196 Å². The van der Waals surface area contributed by atoms with Crippen LogP contribution < -0.4 is 0 Å². The number of carbonyl (C=O) groups excluding carboxylic acids is 3. The number of hydrogen-bond acceptors (Lipinski definition) is 9. The number of allylic oxidation sites excluding steroid dienone is 3. The molecule has 0 atom stereocenters. The van der Waals surface area contributed by atoms with E-state index in [2.05, 4.69) is 50.3 Å². The van der Waals surface area contributed by atoms with Crippen LogP contribution in [0.2, 0.25) is 0 Å². The molecule has 0 radical (unpaired) electrons. The first kappa shape index (κ1) is 47.7. The highest BCUT2D eigenvalue weighted by molar-refractivity contribution is 5.84. The van der Waals surface area contributed by atoms with Gasteiger partial charge in [0.1, 0.15) is 29.0 Å². The predicted octanol–water partition coefficient (Wildman–Crippen LogP) is 9.80. The summed E-state index contributed by atoms with van der Waals surface area (Å²) < 4.78 is 27.8. The van der Waals surface area contributed by atoms with Crippen LogP contribution in [-0.4, -0.2) is 47.9 Å². The summed E-state index contributed by atoms with van der Waals surface area (Å²) in [4.78, 5) is 36.0. The molecule has 3 aromatic carbocycles. The SMILES string of the molecule is C=C(C)c1ccc(CC(=O)Cc2ccc(C)nn2)c(F)c1.C=C(C)c1ccc(CC(=O)Cc2ccc(C)nn2)cc1.C=C(C)c1ccc(CC(=O)Cc2ccc(C)nn2)cc1F. The van der Waals surface area contributed by atoms with Crippen molar-refractivity contribution in [1.82, 2.24) is 30.6 Å². The fourth-order valence-corrected chi connectivity index (χ4v) is 5.90. The zero-order valence-corrected chi connectivity index (χ0v) is 36.3. The molecule has 0 saturated carbocycles. The second-order valence-corrected chi connectivity index (χ2v) is 15.3. The second kappa shape index (κ2) is 23.1. The van der Waals surface area contributed by atoms with Crippen molar-refractivity contribution in [1.29, 1.82) is 0 Å². The van der Waals surface area contributed by atoms with E-state index in [1.54, 1.807) is 49.4 Å². The minimum absolute atomic E-state index is 0.0179. The molecule has 0 spiro atoms. The smallest absolute Gasteiger partial charge is 0.143 e. The number of halogens is 2. The van der Waals surface area contributed by atoms with E-state index in [9.17, 15) is 23.2 Å². The lowest BCUT2D eigenvalue weighted by molar-refractivity contribution is -0.118. The van der Waals surface area contributed by atoms with Gasteiger partial charge in [-0.2, -0.15) is 30.6 Å². The van der Waals surface area contributed by atoms with Crippen LogP contribution in [0, 0.1) is 32.4 Å². The third-order valence-corrected chi connectivity index (χ3v) is 9.37. The molecule has 0 unspecified atom stereocenters. The van der Waals surface area contributed by atoms with Crippen LogP contribution in [0.3, 0.4) is 0 Å². The Kier molecular flexibility index (Phi) is 17.8. The molecule has 0 bridgehead atoms. The average molecular weight is 835 g/mol. The Morgan fingerprint density at radius 1 is 0.435 bits per heavy atom. The summed E-state index contributed by atoms with van der Waals surface area (Å²) in [5, 5.41) is 23.7. The molecule has 3 heterocycles. The maximum atomic E-state index is 13.9. The molecule has 0 fully saturated rings. The molecule has 62 heavy (non-hydrogen) atoms. The van der Waals surface area contributed by atoms with Crippen LogP contribution in [0.4, 0.5) is 8.78 Å². The summed E-state index contributed by atoms with van der Waals surface area (Å²) in [5.74, 6) is -0.682. The lowest BCUT2D eigenvalue weighted by Gasteiger charge is -2.06. The number of hydrogen-bond donors (Lipinski definition) is 0. The van der Waals surface area contributed by atoms with Crippen molar-refractivity contribution >= 4 is 34.1 Å². The number of carbonyl (C=O) groups is 3. The van der Waals surface area contributed by atoms with Gasteiger partial charge in [0.2, 0.25) is 0 Å². The normalized spacial score (nSPS) is 10.4. The summed E-state index contributed by atoms with van der Waals surface area (Å²) in [5.41, 5.74) is 11.3. The van der Waals surface area contributed by atoms with E-state index in [1.165, 1.54) is 12.1 Å². The van der Waals surface area contributed by atoms with Crippen LogP contribution in [0.5, 0.6) is 0 Å². The van der Waals surface area contributed by atoms with Crippen molar-refractivity contribution in [3.63, 3.8) is 0 Å². The van der Waals surface area contributed by atoms with Gasteiger partial charge in [0, 0.05) is 24.8 Å². The van der Waals surface area contributed by atoms with E-state index in [4.69, 9.17) is 0 Å². The molecule has 3 aromatic heterocycles. The van der Waals surface area contributed by atoms with Gasteiger partial charge < -0.3 is 0 Å². The summed E-state index contributed by atoms with van der Waals surface area (Å²) >= 11 is 0. The number of rotatable bonds is 15.